The molecular formula is C17H20ClN3O3. The molecule has 3 rings (SSSR count). The fraction of sp³-hybridized carbons (Fsp3) is 0.412. The summed E-state index contributed by atoms with van der Waals surface area (Å²) < 4.78 is 12.6. The molecule has 1 aliphatic rings. The highest BCUT2D eigenvalue weighted by molar-refractivity contribution is 6.33. The second-order valence-electron chi connectivity index (χ2n) is 5.72. The zero-order valence-corrected chi connectivity index (χ0v) is 14.5. The molecular weight excluding hydrogens is 330 g/mol. The molecule has 2 heterocycles. The zero-order chi connectivity index (χ0) is 17.1. The Labute approximate surface area is 145 Å². The Morgan fingerprint density at radius 2 is 2.38 bits per heavy atom. The van der Waals surface area contributed by atoms with E-state index >= 15 is 0 Å². The summed E-state index contributed by atoms with van der Waals surface area (Å²) in [5.41, 5.74) is 1.53. The van der Waals surface area contributed by atoms with Gasteiger partial charge in [-0.15, -0.1) is 0 Å². The van der Waals surface area contributed by atoms with Gasteiger partial charge in [-0.1, -0.05) is 17.7 Å². The topological polar surface area (TPSA) is 65.4 Å². The van der Waals surface area contributed by atoms with E-state index in [-0.39, 0.29) is 11.8 Å². The van der Waals surface area contributed by atoms with Crippen molar-refractivity contribution in [3.05, 3.63) is 40.7 Å². The lowest BCUT2D eigenvalue weighted by Gasteiger charge is -2.25. The number of carbonyl (C=O) groups excluding carboxylic acids is 1. The van der Waals surface area contributed by atoms with Crippen LogP contribution in [0.1, 0.15) is 23.0 Å². The van der Waals surface area contributed by atoms with E-state index in [9.17, 15) is 4.79 Å². The van der Waals surface area contributed by atoms with Crippen LogP contribution in [-0.2, 0) is 13.0 Å². The first-order valence-corrected chi connectivity index (χ1v) is 8.29. The number of methoxy groups -OCH3 is 1. The van der Waals surface area contributed by atoms with E-state index in [1.165, 1.54) is 6.20 Å². The number of hydrogen-bond donors (Lipinski definition) is 1. The van der Waals surface area contributed by atoms with Gasteiger partial charge in [-0.3, -0.25) is 9.48 Å². The normalized spacial score (nSPS) is 16.2. The SMILES string of the molecule is CCn1ncc(Cl)c1C(=O)NC[C@@H]1COc2cc(OC)ccc2C1. The van der Waals surface area contributed by atoms with Crippen LogP contribution in [0.2, 0.25) is 5.02 Å². The fourth-order valence-corrected chi connectivity index (χ4v) is 3.05. The Balaban J connectivity index is 1.61. The van der Waals surface area contributed by atoms with Crippen molar-refractivity contribution in [2.24, 2.45) is 5.92 Å². The molecule has 1 atom stereocenters. The average molecular weight is 350 g/mol. The van der Waals surface area contributed by atoms with Crippen molar-refractivity contribution in [1.82, 2.24) is 15.1 Å². The number of aromatic nitrogens is 2. The van der Waals surface area contributed by atoms with Crippen LogP contribution in [0.3, 0.4) is 0 Å². The number of nitrogens with zero attached hydrogens (tertiary/aromatic N) is 2. The molecule has 0 saturated heterocycles. The number of hydrogen-bond acceptors (Lipinski definition) is 4. The van der Waals surface area contributed by atoms with E-state index in [1.807, 2.05) is 25.1 Å². The van der Waals surface area contributed by atoms with Crippen LogP contribution in [0, 0.1) is 5.92 Å². The molecule has 1 aliphatic heterocycles. The van der Waals surface area contributed by atoms with Crippen LogP contribution < -0.4 is 14.8 Å². The van der Waals surface area contributed by atoms with Crippen molar-refractivity contribution in [2.45, 2.75) is 19.9 Å². The van der Waals surface area contributed by atoms with Gasteiger partial charge >= 0.3 is 0 Å². The lowest BCUT2D eigenvalue weighted by molar-refractivity contribution is 0.0928. The molecule has 1 amide bonds. The van der Waals surface area contributed by atoms with Crippen LogP contribution >= 0.6 is 11.6 Å². The first-order chi connectivity index (χ1) is 11.6. The summed E-state index contributed by atoms with van der Waals surface area (Å²) in [4.78, 5) is 12.4. The van der Waals surface area contributed by atoms with E-state index in [0.717, 1.165) is 23.5 Å². The minimum atomic E-state index is -0.208. The van der Waals surface area contributed by atoms with E-state index in [1.54, 1.807) is 11.8 Å². The molecule has 0 aliphatic carbocycles. The van der Waals surface area contributed by atoms with Crippen molar-refractivity contribution in [1.29, 1.82) is 0 Å². The molecule has 1 aromatic carbocycles. The summed E-state index contributed by atoms with van der Waals surface area (Å²) in [7, 11) is 1.63. The predicted octanol–water partition coefficient (Wildman–Crippen LogP) is 2.55. The van der Waals surface area contributed by atoms with Gasteiger partial charge in [0.1, 0.15) is 17.2 Å². The Morgan fingerprint density at radius 1 is 1.54 bits per heavy atom. The first-order valence-electron chi connectivity index (χ1n) is 7.91. The maximum Gasteiger partial charge on any atom is 0.271 e. The van der Waals surface area contributed by atoms with Crippen molar-refractivity contribution in [2.75, 3.05) is 20.3 Å². The van der Waals surface area contributed by atoms with Crippen molar-refractivity contribution in [3.8, 4) is 11.5 Å². The van der Waals surface area contributed by atoms with Crippen LogP contribution in [0.4, 0.5) is 0 Å². The summed E-state index contributed by atoms with van der Waals surface area (Å²) in [5.74, 6) is 1.64. The molecule has 0 fully saturated rings. The van der Waals surface area contributed by atoms with Crippen molar-refractivity contribution < 1.29 is 14.3 Å². The monoisotopic (exact) mass is 349 g/mol. The maximum absolute atomic E-state index is 12.4. The zero-order valence-electron chi connectivity index (χ0n) is 13.7. The molecule has 2 aromatic rings. The van der Waals surface area contributed by atoms with Gasteiger partial charge in [0.2, 0.25) is 0 Å². The van der Waals surface area contributed by atoms with Gasteiger partial charge in [0.25, 0.3) is 5.91 Å². The minimum absolute atomic E-state index is 0.208. The van der Waals surface area contributed by atoms with Gasteiger partial charge in [-0.25, -0.2) is 0 Å². The fourth-order valence-electron chi connectivity index (χ4n) is 2.82. The van der Waals surface area contributed by atoms with E-state index in [4.69, 9.17) is 21.1 Å². The second-order valence-corrected chi connectivity index (χ2v) is 6.13. The number of ether oxygens (including phenoxy) is 2. The number of rotatable bonds is 5. The van der Waals surface area contributed by atoms with Gasteiger partial charge < -0.3 is 14.8 Å². The molecule has 0 bridgehead atoms. The largest absolute Gasteiger partial charge is 0.497 e. The molecule has 1 aromatic heterocycles. The first kappa shape index (κ1) is 16.6. The number of carbonyl (C=O) groups is 1. The van der Waals surface area contributed by atoms with E-state index in [2.05, 4.69) is 10.4 Å². The highest BCUT2D eigenvalue weighted by atomic mass is 35.5. The molecule has 0 unspecified atom stereocenters. The number of aryl methyl sites for hydroxylation is 1. The molecule has 7 heteroatoms. The molecule has 0 saturated carbocycles. The van der Waals surface area contributed by atoms with Crippen LogP contribution in [0.15, 0.2) is 24.4 Å². The third-order valence-corrected chi connectivity index (χ3v) is 4.39. The summed E-state index contributed by atoms with van der Waals surface area (Å²) in [5, 5.41) is 7.39. The Bertz CT molecular complexity index is 745. The Hall–Kier alpha value is -2.21. The van der Waals surface area contributed by atoms with Gasteiger partial charge in [-0.05, 0) is 25.0 Å². The highest BCUT2D eigenvalue weighted by Crippen LogP contribution is 2.30. The summed E-state index contributed by atoms with van der Waals surface area (Å²) in [6, 6.07) is 5.82. The molecule has 24 heavy (non-hydrogen) atoms. The van der Waals surface area contributed by atoms with Gasteiger partial charge in [-0.2, -0.15) is 5.10 Å². The number of halogens is 1. The molecule has 1 N–H and O–H groups in total. The quantitative estimate of drug-likeness (QED) is 0.901. The standard InChI is InChI=1S/C17H20ClN3O3/c1-3-21-16(14(18)9-20-21)17(22)19-8-11-6-12-4-5-13(23-2)7-15(12)24-10-11/h4-5,7,9,11H,3,6,8,10H2,1-2H3,(H,19,22)/t11-/m1/s1. The lowest BCUT2D eigenvalue weighted by atomic mass is 9.96. The Morgan fingerprint density at radius 3 is 3.12 bits per heavy atom. The van der Waals surface area contributed by atoms with Crippen molar-refractivity contribution in [3.63, 3.8) is 0 Å². The van der Waals surface area contributed by atoms with Crippen LogP contribution in [0.25, 0.3) is 0 Å². The molecule has 0 radical (unpaired) electrons. The van der Waals surface area contributed by atoms with Gasteiger partial charge in [0.15, 0.2) is 0 Å². The molecule has 0 spiro atoms. The van der Waals surface area contributed by atoms with E-state index < -0.39 is 0 Å². The summed E-state index contributed by atoms with van der Waals surface area (Å²) in [6.07, 6.45) is 2.34. The van der Waals surface area contributed by atoms with Crippen molar-refractivity contribution >= 4 is 17.5 Å². The minimum Gasteiger partial charge on any atom is -0.497 e. The van der Waals surface area contributed by atoms with E-state index in [0.29, 0.717) is 30.4 Å². The molecule has 128 valence electrons. The summed E-state index contributed by atoms with van der Waals surface area (Å²) >= 11 is 6.05. The van der Waals surface area contributed by atoms with Gasteiger partial charge in [0.05, 0.1) is 24.9 Å². The third-order valence-electron chi connectivity index (χ3n) is 4.12. The van der Waals surface area contributed by atoms with Crippen LogP contribution in [0.5, 0.6) is 11.5 Å². The van der Waals surface area contributed by atoms with Crippen LogP contribution in [-0.4, -0.2) is 35.9 Å². The number of fused-ring (bicyclic) bond motifs is 1. The lowest BCUT2D eigenvalue weighted by Crippen LogP contribution is -2.35. The average Bonchev–Trinajstić information content (AvgIpc) is 2.99. The number of amides is 1. The second kappa shape index (κ2) is 7.13. The third kappa shape index (κ3) is 3.33. The molecule has 6 nitrogen and oxygen atoms in total. The smallest absolute Gasteiger partial charge is 0.271 e. The predicted molar refractivity (Wildman–Crippen MR) is 90.9 cm³/mol. The van der Waals surface area contributed by atoms with Gasteiger partial charge in [0, 0.05) is 25.1 Å². The Kier molecular flexibility index (Phi) is 4.94. The summed E-state index contributed by atoms with van der Waals surface area (Å²) in [6.45, 7) is 3.59. The highest BCUT2D eigenvalue weighted by Gasteiger charge is 2.23. The maximum atomic E-state index is 12.4. The number of benzene rings is 1. The number of nitrogens with one attached hydrogen (secondary N) is 1.